The number of hydrogen-bond donors (Lipinski definition) is 1. The molecule has 0 fully saturated rings. The zero-order valence-electron chi connectivity index (χ0n) is 20.9. The summed E-state index contributed by atoms with van der Waals surface area (Å²) in [6.07, 6.45) is 3.42. The first-order valence-electron chi connectivity index (χ1n) is 12.4. The zero-order valence-corrected chi connectivity index (χ0v) is 22.5. The van der Waals surface area contributed by atoms with Crippen molar-refractivity contribution in [1.82, 2.24) is 14.8 Å². The maximum atomic E-state index is 13.4. The fraction of sp³-hybridized carbons (Fsp3) is 0.393. The van der Waals surface area contributed by atoms with Gasteiger partial charge in [0, 0.05) is 28.5 Å². The van der Waals surface area contributed by atoms with Gasteiger partial charge in [0.05, 0.1) is 6.61 Å². The van der Waals surface area contributed by atoms with Crippen LogP contribution in [0.15, 0.2) is 65.0 Å². The minimum atomic E-state index is -0.327. The molecule has 5 rings (SSSR count). The van der Waals surface area contributed by atoms with Crippen LogP contribution in [0.5, 0.6) is 5.75 Å². The first-order chi connectivity index (χ1) is 17.3. The van der Waals surface area contributed by atoms with E-state index >= 15 is 0 Å². The first-order valence-corrected chi connectivity index (χ1v) is 13.8. The lowest BCUT2D eigenvalue weighted by Gasteiger charge is -2.38. The number of thioether (sulfide) groups is 1. The lowest BCUT2D eigenvalue weighted by molar-refractivity contribution is -0.118. The summed E-state index contributed by atoms with van der Waals surface area (Å²) in [5.41, 5.74) is 3.66. The molecule has 1 atom stereocenters. The number of unbranched alkanes of at least 4 members (excludes halogenated alkanes) is 1. The summed E-state index contributed by atoms with van der Waals surface area (Å²) in [4.78, 5) is 18.2. The topological polar surface area (TPSA) is 69.0 Å². The number of hydrogen-bond acceptors (Lipinski definition) is 6. The molecule has 1 unspecified atom stereocenters. The van der Waals surface area contributed by atoms with Gasteiger partial charge in [-0.25, -0.2) is 4.68 Å². The van der Waals surface area contributed by atoms with Crippen molar-refractivity contribution >= 4 is 35.1 Å². The van der Waals surface area contributed by atoms with Crippen LogP contribution in [-0.4, -0.2) is 27.2 Å². The lowest BCUT2D eigenvalue weighted by Crippen LogP contribution is -2.36. The molecule has 2 heterocycles. The number of anilines is 1. The molecule has 2 aromatic carbocycles. The van der Waals surface area contributed by atoms with Crippen LogP contribution in [-0.2, 0) is 10.5 Å². The summed E-state index contributed by atoms with van der Waals surface area (Å²) in [7, 11) is 0. The van der Waals surface area contributed by atoms with E-state index < -0.39 is 0 Å². The molecule has 0 spiro atoms. The van der Waals surface area contributed by atoms with Gasteiger partial charge < -0.3 is 10.1 Å². The molecular weight excluding hydrogens is 492 g/mol. The molecule has 2 aliphatic rings. The molecule has 0 radical (unpaired) electrons. The van der Waals surface area contributed by atoms with Crippen molar-refractivity contribution in [2.45, 2.75) is 63.4 Å². The molecule has 3 aromatic rings. The number of fused-ring (bicyclic) bond motifs is 1. The number of carbonyl (C=O) groups excluding carboxylic acids is 1. The Bertz CT molecular complexity index is 1300. The largest absolute Gasteiger partial charge is 0.494 e. The molecule has 8 heteroatoms. The van der Waals surface area contributed by atoms with E-state index in [2.05, 4.69) is 26.1 Å². The Morgan fingerprint density at radius 2 is 1.94 bits per heavy atom. The average Bonchev–Trinajstić information content (AvgIpc) is 3.24. The van der Waals surface area contributed by atoms with Gasteiger partial charge in [-0.3, -0.25) is 4.79 Å². The highest BCUT2D eigenvalue weighted by molar-refractivity contribution is 7.98. The smallest absolute Gasteiger partial charge is 0.227 e. The van der Waals surface area contributed by atoms with Crippen LogP contribution < -0.4 is 10.1 Å². The number of carbonyl (C=O) groups is 1. The van der Waals surface area contributed by atoms with Gasteiger partial charge >= 0.3 is 0 Å². The van der Waals surface area contributed by atoms with Crippen molar-refractivity contribution < 1.29 is 9.53 Å². The summed E-state index contributed by atoms with van der Waals surface area (Å²) in [6.45, 7) is 7.12. The van der Waals surface area contributed by atoms with E-state index in [0.717, 1.165) is 52.4 Å². The maximum absolute atomic E-state index is 13.4. The minimum Gasteiger partial charge on any atom is -0.494 e. The van der Waals surface area contributed by atoms with Gasteiger partial charge in [0.2, 0.25) is 11.1 Å². The van der Waals surface area contributed by atoms with Crippen molar-refractivity contribution in [3.8, 4) is 5.75 Å². The molecule has 0 saturated heterocycles. The predicted octanol–water partition coefficient (Wildman–Crippen LogP) is 7.06. The quantitative estimate of drug-likeness (QED) is 0.252. The Hall–Kier alpha value is -2.77. The number of aromatic nitrogens is 3. The molecule has 36 heavy (non-hydrogen) atoms. The SMILES string of the molecule is CCCCOc1ccc(C2C3=C(CC(C)(C)CC3=O)Nc3nc(SCc4ccccc4Cl)nn32)cc1. The van der Waals surface area contributed by atoms with Gasteiger partial charge in [-0.1, -0.05) is 80.9 Å². The first kappa shape index (κ1) is 24.9. The second-order valence-corrected chi connectivity index (χ2v) is 11.5. The van der Waals surface area contributed by atoms with Gasteiger partial charge in [-0.15, -0.1) is 5.10 Å². The Kier molecular flexibility index (Phi) is 7.13. The molecule has 1 N–H and O–H groups in total. The Balaban J connectivity index is 1.47. The third-order valence-corrected chi connectivity index (χ3v) is 7.84. The van der Waals surface area contributed by atoms with Crippen LogP contribution in [0.4, 0.5) is 5.95 Å². The number of ether oxygens (including phenoxy) is 1. The molecule has 6 nitrogen and oxygen atoms in total. The number of Topliss-reactive ketones (excluding diaryl/α,β-unsaturated/α-hetero) is 1. The third-order valence-electron chi connectivity index (χ3n) is 6.59. The molecule has 188 valence electrons. The fourth-order valence-corrected chi connectivity index (χ4v) is 5.91. The van der Waals surface area contributed by atoms with E-state index in [0.29, 0.717) is 29.9 Å². The average molecular weight is 523 g/mol. The van der Waals surface area contributed by atoms with Crippen LogP contribution in [0, 0.1) is 5.41 Å². The Labute approximate surface area is 221 Å². The predicted molar refractivity (Wildman–Crippen MR) is 145 cm³/mol. The molecule has 0 saturated carbocycles. The number of halogens is 1. The second kappa shape index (κ2) is 10.3. The standard InChI is InChI=1S/C28H31ClN4O2S/c1-4-5-14-35-20-12-10-18(11-13-20)25-24-22(15-28(2,3)16-23(24)34)30-26-31-27(32-33(25)26)36-17-19-8-6-7-9-21(19)29/h6-13,25H,4-5,14-17H2,1-3H3,(H,30,31,32). The van der Waals surface area contributed by atoms with Crippen LogP contribution in [0.1, 0.15) is 63.6 Å². The monoisotopic (exact) mass is 522 g/mol. The highest BCUT2D eigenvalue weighted by Gasteiger charge is 2.41. The van der Waals surface area contributed by atoms with Crippen LogP contribution in [0.3, 0.4) is 0 Å². The van der Waals surface area contributed by atoms with Crippen molar-refractivity contribution in [3.05, 3.63) is 76.0 Å². The van der Waals surface area contributed by atoms with E-state index in [-0.39, 0.29) is 17.2 Å². The molecule has 0 bridgehead atoms. The second-order valence-electron chi connectivity index (χ2n) is 10.2. The van der Waals surface area contributed by atoms with E-state index in [1.54, 1.807) is 0 Å². The number of ketones is 1. The normalized spacial score (nSPS) is 18.4. The lowest BCUT2D eigenvalue weighted by atomic mass is 9.73. The molecule has 1 aliphatic heterocycles. The number of benzene rings is 2. The summed E-state index contributed by atoms with van der Waals surface area (Å²) in [5, 5.41) is 9.67. The van der Waals surface area contributed by atoms with Gasteiger partial charge in [-0.05, 0) is 47.6 Å². The number of nitrogens with zero attached hydrogens (tertiary/aromatic N) is 3. The van der Waals surface area contributed by atoms with E-state index in [1.807, 2.05) is 53.2 Å². The van der Waals surface area contributed by atoms with Crippen molar-refractivity contribution in [1.29, 1.82) is 0 Å². The Morgan fingerprint density at radius 1 is 1.17 bits per heavy atom. The highest BCUT2D eigenvalue weighted by Crippen LogP contribution is 2.46. The highest BCUT2D eigenvalue weighted by atomic mass is 35.5. The number of nitrogens with one attached hydrogen (secondary N) is 1. The van der Waals surface area contributed by atoms with Gasteiger partial charge in [0.25, 0.3) is 0 Å². The third kappa shape index (κ3) is 5.18. The van der Waals surface area contributed by atoms with Crippen molar-refractivity contribution in [2.75, 3.05) is 11.9 Å². The van der Waals surface area contributed by atoms with Gasteiger partial charge in [0.1, 0.15) is 11.8 Å². The molecule has 1 aliphatic carbocycles. The number of rotatable bonds is 8. The van der Waals surface area contributed by atoms with Crippen LogP contribution in [0.25, 0.3) is 0 Å². The maximum Gasteiger partial charge on any atom is 0.227 e. The molecular formula is C28H31ClN4O2S. The Morgan fingerprint density at radius 3 is 2.69 bits per heavy atom. The van der Waals surface area contributed by atoms with E-state index in [9.17, 15) is 4.79 Å². The van der Waals surface area contributed by atoms with Crippen molar-refractivity contribution in [3.63, 3.8) is 0 Å². The van der Waals surface area contributed by atoms with E-state index in [4.69, 9.17) is 26.4 Å². The van der Waals surface area contributed by atoms with E-state index in [1.165, 1.54) is 11.8 Å². The van der Waals surface area contributed by atoms with Gasteiger partial charge in [-0.2, -0.15) is 4.98 Å². The summed E-state index contributed by atoms with van der Waals surface area (Å²) >= 11 is 7.88. The summed E-state index contributed by atoms with van der Waals surface area (Å²) in [5.74, 6) is 2.32. The summed E-state index contributed by atoms with van der Waals surface area (Å²) in [6, 6.07) is 15.5. The molecule has 1 aromatic heterocycles. The number of allylic oxidation sites excluding steroid dienone is 2. The molecule has 0 amide bonds. The van der Waals surface area contributed by atoms with Crippen LogP contribution in [0.2, 0.25) is 5.02 Å². The fourth-order valence-electron chi connectivity index (χ4n) is 4.80. The van der Waals surface area contributed by atoms with Crippen molar-refractivity contribution in [2.24, 2.45) is 5.41 Å². The van der Waals surface area contributed by atoms with Gasteiger partial charge in [0.15, 0.2) is 5.78 Å². The summed E-state index contributed by atoms with van der Waals surface area (Å²) < 4.78 is 7.72. The minimum absolute atomic E-state index is 0.103. The van der Waals surface area contributed by atoms with Crippen LogP contribution >= 0.6 is 23.4 Å². The zero-order chi connectivity index (χ0) is 25.3.